The average Bonchev–Trinajstić information content (AvgIpc) is 2.99. The minimum absolute atomic E-state index is 0.0467. The maximum absolute atomic E-state index is 12.5. The smallest absolute Gasteiger partial charge is 0.407 e. The van der Waals surface area contributed by atoms with Crippen molar-refractivity contribution >= 4 is 57.1 Å². The first kappa shape index (κ1) is 35.2. The van der Waals surface area contributed by atoms with Gasteiger partial charge in [-0.2, -0.15) is 0 Å². The van der Waals surface area contributed by atoms with Gasteiger partial charge in [0.2, 0.25) is 0 Å². The lowest BCUT2D eigenvalue weighted by Gasteiger charge is -2.40. The lowest BCUT2D eigenvalue weighted by atomic mass is 9.80. The number of halogens is 1. The van der Waals surface area contributed by atoms with Gasteiger partial charge in [-0.25, -0.2) is 37.7 Å². The fraction of sp³-hybridized carbons (Fsp3) is 0.433. The monoisotopic (exact) mass is 691 g/mol. The molecule has 0 saturated carbocycles. The lowest BCUT2D eigenvalue weighted by Crippen LogP contribution is -2.46. The number of alkyl carbamates (subject to hydrolysis) is 1. The van der Waals surface area contributed by atoms with Gasteiger partial charge in [0.1, 0.15) is 16.3 Å². The topological polar surface area (TPSA) is 176 Å². The first-order valence-corrected chi connectivity index (χ1v) is 17.2. The highest BCUT2D eigenvalue weighted by molar-refractivity contribution is 7.99. The number of hydrogen-bond acceptors (Lipinski definition) is 11. The Morgan fingerprint density at radius 3 is 2.43 bits per heavy atom. The van der Waals surface area contributed by atoms with Crippen molar-refractivity contribution in [2.75, 3.05) is 29.9 Å². The third kappa shape index (κ3) is 9.21. The van der Waals surface area contributed by atoms with Crippen molar-refractivity contribution in [3.8, 4) is 0 Å². The van der Waals surface area contributed by atoms with Gasteiger partial charge in [0.25, 0.3) is 10.0 Å². The number of pyridine rings is 1. The molecule has 0 spiro atoms. The number of rotatable bonds is 9. The number of carbonyl (C=O) groups excluding carboxylic acids is 2. The SMILES string of the molecule is Cc1nc(N2CCC(C)(CNC(=O)OC(C)(C)C)CC2)c(CO)nc1Sc1ccnc(NC(=O)NS(=O)(=O)c2ccccc2)c1Cl. The first-order valence-electron chi connectivity index (χ1n) is 14.5. The molecule has 13 nitrogen and oxygen atoms in total. The number of piperidine rings is 1. The van der Waals surface area contributed by atoms with E-state index in [2.05, 4.69) is 32.4 Å². The molecule has 1 aliphatic rings. The van der Waals surface area contributed by atoms with Crippen LogP contribution in [0.5, 0.6) is 0 Å². The van der Waals surface area contributed by atoms with E-state index in [-0.39, 0.29) is 27.8 Å². The zero-order valence-corrected chi connectivity index (χ0v) is 28.6. The lowest BCUT2D eigenvalue weighted by molar-refractivity contribution is 0.0495. The Morgan fingerprint density at radius 2 is 1.80 bits per heavy atom. The van der Waals surface area contributed by atoms with Crippen molar-refractivity contribution in [1.82, 2.24) is 25.0 Å². The molecule has 0 bridgehead atoms. The molecule has 46 heavy (non-hydrogen) atoms. The quantitative estimate of drug-likeness (QED) is 0.234. The third-order valence-corrected chi connectivity index (χ3v) is 10.1. The minimum atomic E-state index is -4.10. The summed E-state index contributed by atoms with van der Waals surface area (Å²) < 4.78 is 32.3. The highest BCUT2D eigenvalue weighted by Crippen LogP contribution is 2.38. The number of ether oxygens (including phenoxy) is 1. The van der Waals surface area contributed by atoms with Crippen molar-refractivity contribution in [2.45, 2.75) is 74.5 Å². The van der Waals surface area contributed by atoms with Crippen LogP contribution in [-0.4, -0.2) is 65.8 Å². The molecule has 4 N–H and O–H groups in total. The fourth-order valence-electron chi connectivity index (χ4n) is 4.63. The number of nitrogens with zero attached hydrogens (tertiary/aromatic N) is 4. The van der Waals surface area contributed by atoms with Gasteiger partial charge in [0.15, 0.2) is 11.6 Å². The number of nitrogens with one attached hydrogen (secondary N) is 3. The molecule has 0 aliphatic carbocycles. The predicted molar refractivity (Wildman–Crippen MR) is 176 cm³/mol. The van der Waals surface area contributed by atoms with Crippen molar-refractivity contribution < 1.29 is 27.9 Å². The van der Waals surface area contributed by atoms with Crippen LogP contribution in [0.1, 0.15) is 51.9 Å². The highest BCUT2D eigenvalue weighted by Gasteiger charge is 2.33. The van der Waals surface area contributed by atoms with E-state index in [9.17, 15) is 23.1 Å². The van der Waals surface area contributed by atoms with Gasteiger partial charge >= 0.3 is 12.1 Å². The van der Waals surface area contributed by atoms with E-state index >= 15 is 0 Å². The molecule has 16 heteroatoms. The van der Waals surface area contributed by atoms with E-state index in [1.54, 1.807) is 31.2 Å². The minimum Gasteiger partial charge on any atom is -0.444 e. The Bertz CT molecular complexity index is 1680. The van der Waals surface area contributed by atoms with Crippen molar-refractivity contribution in [3.05, 3.63) is 59.0 Å². The first-order chi connectivity index (χ1) is 21.6. The van der Waals surface area contributed by atoms with Crippen LogP contribution in [0, 0.1) is 12.3 Å². The Labute approximate surface area is 278 Å². The molecule has 248 valence electrons. The van der Waals surface area contributed by atoms with E-state index in [4.69, 9.17) is 21.3 Å². The molecule has 3 aromatic rings. The summed E-state index contributed by atoms with van der Waals surface area (Å²) in [6.07, 6.45) is 2.55. The summed E-state index contributed by atoms with van der Waals surface area (Å²) in [6.45, 7) is 10.9. The molecule has 0 atom stereocenters. The molecular weight excluding hydrogens is 654 g/mol. The second-order valence-electron chi connectivity index (χ2n) is 12.1. The summed E-state index contributed by atoms with van der Waals surface area (Å²) in [4.78, 5) is 40.7. The maximum Gasteiger partial charge on any atom is 0.407 e. The van der Waals surface area contributed by atoms with Crippen LogP contribution in [0.2, 0.25) is 5.02 Å². The van der Waals surface area contributed by atoms with Gasteiger partial charge in [0, 0.05) is 30.7 Å². The summed E-state index contributed by atoms with van der Waals surface area (Å²) in [6, 6.07) is 8.07. The van der Waals surface area contributed by atoms with Crippen LogP contribution in [0.25, 0.3) is 0 Å². The Morgan fingerprint density at radius 1 is 1.13 bits per heavy atom. The zero-order valence-electron chi connectivity index (χ0n) is 26.3. The van der Waals surface area contributed by atoms with Crippen LogP contribution < -0.4 is 20.3 Å². The highest BCUT2D eigenvalue weighted by atomic mass is 35.5. The Balaban J connectivity index is 1.42. The maximum atomic E-state index is 12.5. The molecule has 3 amide bonds. The molecule has 0 unspecified atom stereocenters. The second-order valence-corrected chi connectivity index (χ2v) is 15.2. The van der Waals surface area contributed by atoms with Crippen molar-refractivity contribution in [1.29, 1.82) is 0 Å². The molecular formula is C30H38ClN7O6S2. The number of sulfonamides is 1. The number of hydrogen-bond donors (Lipinski definition) is 4. The summed E-state index contributed by atoms with van der Waals surface area (Å²) in [5.74, 6) is 0.542. The molecule has 1 aromatic carbocycles. The zero-order chi connectivity index (χ0) is 33.7. The number of carbonyl (C=O) groups is 2. The van der Waals surface area contributed by atoms with Gasteiger partial charge in [0.05, 0.1) is 22.2 Å². The van der Waals surface area contributed by atoms with Crippen molar-refractivity contribution in [3.63, 3.8) is 0 Å². The summed E-state index contributed by atoms with van der Waals surface area (Å²) in [5, 5.41) is 16.0. The molecule has 0 radical (unpaired) electrons. The van der Waals surface area contributed by atoms with Gasteiger partial charge in [-0.3, -0.25) is 5.32 Å². The van der Waals surface area contributed by atoms with E-state index in [1.807, 2.05) is 25.5 Å². The number of aromatic nitrogens is 3. The normalized spacial score (nSPS) is 14.8. The number of urea groups is 1. The fourth-order valence-corrected chi connectivity index (χ4v) is 6.70. The van der Waals surface area contributed by atoms with Crippen LogP contribution in [-0.2, 0) is 21.4 Å². The summed E-state index contributed by atoms with van der Waals surface area (Å²) in [5.41, 5.74) is 0.309. The van der Waals surface area contributed by atoms with Gasteiger partial charge in [-0.05, 0) is 64.2 Å². The summed E-state index contributed by atoms with van der Waals surface area (Å²) in [7, 11) is -4.10. The molecule has 1 fully saturated rings. The Kier molecular flexibility index (Phi) is 11.0. The van der Waals surface area contributed by atoms with Crippen LogP contribution in [0.15, 0.2) is 57.4 Å². The number of aryl methyl sites for hydroxylation is 1. The molecule has 1 saturated heterocycles. The molecule has 1 aliphatic heterocycles. The number of anilines is 2. The van der Waals surface area contributed by atoms with E-state index in [0.717, 1.165) is 12.8 Å². The largest absolute Gasteiger partial charge is 0.444 e. The molecule has 3 heterocycles. The number of aliphatic hydroxyl groups excluding tert-OH is 1. The number of benzene rings is 1. The number of amides is 3. The van der Waals surface area contributed by atoms with Crippen molar-refractivity contribution in [2.24, 2.45) is 5.41 Å². The Hall–Kier alpha value is -3.66. The standard InChI is InChI=1S/C30H38ClN7O6S2/c1-19-26(45-22-11-14-32-24(23(22)31)36-27(40)37-46(42,43)20-9-7-6-8-10-20)35-21(17-39)25(34-19)38-15-12-30(5,13-16-38)18-33-28(41)44-29(2,3)4/h6-11,14,39H,12-13,15-18H2,1-5H3,(H,33,41)(H2,32,36,37,40). The van der Waals surface area contributed by atoms with Crippen LogP contribution >= 0.6 is 23.4 Å². The van der Waals surface area contributed by atoms with E-state index < -0.39 is 27.7 Å². The van der Waals surface area contributed by atoms with Crippen LogP contribution in [0.3, 0.4) is 0 Å². The van der Waals surface area contributed by atoms with Crippen LogP contribution in [0.4, 0.5) is 21.2 Å². The molecule has 4 rings (SSSR count). The van der Waals surface area contributed by atoms with Gasteiger partial charge in [-0.15, -0.1) is 0 Å². The third-order valence-electron chi connectivity index (χ3n) is 7.13. The van der Waals surface area contributed by atoms with E-state index in [0.29, 0.717) is 46.8 Å². The molecule has 2 aromatic heterocycles. The predicted octanol–water partition coefficient (Wildman–Crippen LogP) is 5.12. The summed E-state index contributed by atoms with van der Waals surface area (Å²) >= 11 is 7.73. The second kappa shape index (κ2) is 14.4. The average molecular weight is 692 g/mol. The number of aliphatic hydroxyl groups is 1. The van der Waals surface area contributed by atoms with Gasteiger partial charge in [-0.1, -0.05) is 48.5 Å². The van der Waals surface area contributed by atoms with E-state index in [1.165, 1.54) is 30.1 Å². The van der Waals surface area contributed by atoms with Gasteiger partial charge < -0.3 is 20.1 Å².